The maximum atomic E-state index is 13.6. The fourth-order valence-corrected chi connectivity index (χ4v) is 5.56. The molecule has 1 saturated heterocycles. The summed E-state index contributed by atoms with van der Waals surface area (Å²) >= 11 is 0. The molecule has 3 aromatic rings. The Bertz CT molecular complexity index is 1520. The number of rotatable bonds is 4. The molecular formula is C32H37N3O6. The molecule has 0 unspecified atom stereocenters. The van der Waals surface area contributed by atoms with Gasteiger partial charge in [-0.05, 0) is 82.5 Å². The van der Waals surface area contributed by atoms with E-state index in [9.17, 15) is 19.2 Å². The van der Waals surface area contributed by atoms with Gasteiger partial charge in [0.2, 0.25) is 0 Å². The van der Waals surface area contributed by atoms with Crippen LogP contribution in [-0.2, 0) is 19.1 Å². The van der Waals surface area contributed by atoms with Crippen molar-refractivity contribution in [3.63, 3.8) is 0 Å². The molecular weight excluding hydrogens is 522 g/mol. The molecule has 0 saturated carbocycles. The van der Waals surface area contributed by atoms with Crippen LogP contribution in [0.15, 0.2) is 48.5 Å². The lowest BCUT2D eigenvalue weighted by Gasteiger charge is -2.33. The number of cyclic esters (lactones) is 2. The van der Waals surface area contributed by atoms with E-state index >= 15 is 0 Å². The van der Waals surface area contributed by atoms with Crippen molar-refractivity contribution in [2.45, 2.75) is 78.6 Å². The van der Waals surface area contributed by atoms with Gasteiger partial charge in [-0.2, -0.15) is 0 Å². The number of amides is 3. The molecule has 3 amide bonds. The highest BCUT2D eigenvalue weighted by atomic mass is 16.6. The van der Waals surface area contributed by atoms with E-state index in [1.807, 2.05) is 57.2 Å². The number of aryl methyl sites for hydroxylation is 3. The predicted octanol–water partition coefficient (Wildman–Crippen LogP) is 5.94. The molecule has 0 spiro atoms. The van der Waals surface area contributed by atoms with Gasteiger partial charge in [-0.15, -0.1) is 0 Å². The molecule has 3 N–H and O–H groups in total. The van der Waals surface area contributed by atoms with Crippen molar-refractivity contribution in [1.29, 1.82) is 0 Å². The van der Waals surface area contributed by atoms with Gasteiger partial charge >= 0.3 is 18.0 Å². The van der Waals surface area contributed by atoms with Gasteiger partial charge in [0.15, 0.2) is 0 Å². The second-order valence-corrected chi connectivity index (χ2v) is 11.9. The molecule has 41 heavy (non-hydrogen) atoms. The highest BCUT2D eigenvalue weighted by molar-refractivity contribution is 6.10. The lowest BCUT2D eigenvalue weighted by molar-refractivity contribution is -0.163. The highest BCUT2D eigenvalue weighted by Crippen LogP contribution is 2.30. The largest absolute Gasteiger partial charge is 0.459 e. The summed E-state index contributed by atoms with van der Waals surface area (Å²) in [6.45, 7) is 12.8. The van der Waals surface area contributed by atoms with E-state index in [0.29, 0.717) is 5.69 Å². The van der Waals surface area contributed by atoms with Gasteiger partial charge < -0.3 is 25.4 Å². The number of benzene rings is 3. The van der Waals surface area contributed by atoms with Gasteiger partial charge in [-0.1, -0.05) is 42.0 Å². The van der Waals surface area contributed by atoms with Crippen LogP contribution in [0.3, 0.4) is 0 Å². The zero-order chi connectivity index (χ0) is 30.1. The minimum atomic E-state index is -1.28. The van der Waals surface area contributed by atoms with E-state index < -0.39 is 47.5 Å². The van der Waals surface area contributed by atoms with Crippen molar-refractivity contribution in [2.75, 3.05) is 10.6 Å². The predicted molar refractivity (Wildman–Crippen MR) is 158 cm³/mol. The first kappa shape index (κ1) is 29.6. The fraction of sp³-hybridized carbons (Fsp3) is 0.375. The molecule has 1 atom stereocenters. The number of anilines is 2. The van der Waals surface area contributed by atoms with Crippen molar-refractivity contribution in [3.8, 4) is 0 Å². The van der Waals surface area contributed by atoms with Crippen LogP contribution in [0.2, 0.25) is 0 Å². The SMILES string of the molecule is Cc1cc(C)c(NC(=O)Nc2cc3ccccc3cc2C(=O)N[C@H]2CC(=O)OC(C)(C)CC(C)(C)OC2=O)c(C)c1. The Balaban J connectivity index is 1.64. The van der Waals surface area contributed by atoms with Crippen molar-refractivity contribution < 1.29 is 28.7 Å². The minimum absolute atomic E-state index is 0.122. The summed E-state index contributed by atoms with van der Waals surface area (Å²) in [6.07, 6.45) is -0.112. The summed E-state index contributed by atoms with van der Waals surface area (Å²) in [5.74, 6) is -2.02. The van der Waals surface area contributed by atoms with E-state index in [2.05, 4.69) is 16.0 Å². The Kier molecular flexibility index (Phi) is 8.10. The summed E-state index contributed by atoms with van der Waals surface area (Å²) in [6, 6.07) is 12.9. The summed E-state index contributed by atoms with van der Waals surface area (Å²) in [4.78, 5) is 52.6. The second kappa shape index (κ2) is 11.2. The number of esters is 2. The standard InChI is InChI=1S/C32H37N3O6/c1-18-12-19(2)27(20(3)13-18)35-30(39)34-24-15-22-11-9-8-10-21(22)14-23(24)28(37)33-25-16-26(36)40-31(4,5)17-32(6,7)41-29(25)38/h8-15,25H,16-17H2,1-7H3,(H,33,37)(H2,34,35,39)/t25-/m0/s1. The number of fused-ring (bicyclic) bond motifs is 1. The number of urea groups is 1. The van der Waals surface area contributed by atoms with Crippen molar-refractivity contribution in [1.82, 2.24) is 5.32 Å². The van der Waals surface area contributed by atoms with Crippen LogP contribution in [0, 0.1) is 20.8 Å². The third kappa shape index (κ3) is 7.22. The van der Waals surface area contributed by atoms with E-state index in [1.54, 1.807) is 39.8 Å². The Morgan fingerprint density at radius 2 is 1.41 bits per heavy atom. The smallest absolute Gasteiger partial charge is 0.329 e. The Labute approximate surface area is 240 Å². The quantitative estimate of drug-likeness (QED) is 0.340. The molecule has 1 fully saturated rings. The van der Waals surface area contributed by atoms with E-state index in [1.165, 1.54) is 0 Å². The molecule has 216 valence electrons. The number of carbonyl (C=O) groups excluding carboxylic acids is 4. The van der Waals surface area contributed by atoms with Gasteiger partial charge in [0.25, 0.3) is 5.91 Å². The van der Waals surface area contributed by atoms with Crippen LogP contribution in [0.1, 0.15) is 67.6 Å². The summed E-state index contributed by atoms with van der Waals surface area (Å²) in [7, 11) is 0. The molecule has 3 aromatic carbocycles. The second-order valence-electron chi connectivity index (χ2n) is 11.9. The van der Waals surface area contributed by atoms with Crippen LogP contribution in [0.5, 0.6) is 0 Å². The normalized spacial score (nSPS) is 18.3. The average molecular weight is 560 g/mol. The van der Waals surface area contributed by atoms with E-state index in [4.69, 9.17) is 9.47 Å². The number of ether oxygens (including phenoxy) is 2. The maximum absolute atomic E-state index is 13.6. The van der Waals surface area contributed by atoms with Gasteiger partial charge in [0.05, 0.1) is 17.7 Å². The summed E-state index contributed by atoms with van der Waals surface area (Å²) < 4.78 is 11.3. The van der Waals surface area contributed by atoms with Gasteiger partial charge in [-0.25, -0.2) is 9.59 Å². The molecule has 0 aliphatic carbocycles. The first-order valence-electron chi connectivity index (χ1n) is 13.6. The van der Waals surface area contributed by atoms with Crippen LogP contribution in [-0.4, -0.2) is 41.1 Å². The third-order valence-electron chi connectivity index (χ3n) is 6.87. The zero-order valence-corrected chi connectivity index (χ0v) is 24.6. The van der Waals surface area contributed by atoms with Crippen molar-refractivity contribution in [2.24, 2.45) is 0 Å². The number of nitrogens with one attached hydrogen (secondary N) is 3. The van der Waals surface area contributed by atoms with Crippen LogP contribution < -0.4 is 16.0 Å². The molecule has 9 nitrogen and oxygen atoms in total. The topological polar surface area (TPSA) is 123 Å². The molecule has 1 aliphatic heterocycles. The van der Waals surface area contributed by atoms with Crippen LogP contribution in [0.25, 0.3) is 10.8 Å². The van der Waals surface area contributed by atoms with Crippen molar-refractivity contribution >= 4 is 46.0 Å². The number of hydrogen-bond acceptors (Lipinski definition) is 6. The molecule has 0 bridgehead atoms. The monoisotopic (exact) mass is 559 g/mol. The van der Waals surface area contributed by atoms with Crippen LogP contribution >= 0.6 is 0 Å². The Morgan fingerprint density at radius 1 is 0.829 bits per heavy atom. The van der Waals surface area contributed by atoms with Crippen LogP contribution in [0.4, 0.5) is 16.2 Å². The lowest BCUT2D eigenvalue weighted by Crippen LogP contribution is -2.45. The highest BCUT2D eigenvalue weighted by Gasteiger charge is 2.40. The molecule has 0 radical (unpaired) electrons. The van der Waals surface area contributed by atoms with Crippen molar-refractivity contribution in [3.05, 3.63) is 70.8 Å². The van der Waals surface area contributed by atoms with Gasteiger partial charge in [0.1, 0.15) is 17.2 Å². The number of carbonyl (C=O) groups is 4. The van der Waals surface area contributed by atoms with Gasteiger partial charge in [0, 0.05) is 12.1 Å². The lowest BCUT2D eigenvalue weighted by atomic mass is 9.92. The van der Waals surface area contributed by atoms with Gasteiger partial charge in [-0.3, -0.25) is 9.59 Å². The zero-order valence-electron chi connectivity index (χ0n) is 24.6. The summed E-state index contributed by atoms with van der Waals surface area (Å²) in [5, 5.41) is 9.88. The Morgan fingerprint density at radius 3 is 2.05 bits per heavy atom. The molecule has 9 heteroatoms. The maximum Gasteiger partial charge on any atom is 0.329 e. The minimum Gasteiger partial charge on any atom is -0.459 e. The first-order valence-corrected chi connectivity index (χ1v) is 13.6. The Hall–Kier alpha value is -4.40. The first-order chi connectivity index (χ1) is 19.1. The third-order valence-corrected chi connectivity index (χ3v) is 6.87. The molecule has 0 aromatic heterocycles. The summed E-state index contributed by atoms with van der Waals surface area (Å²) in [5.41, 5.74) is 2.14. The number of hydrogen-bond donors (Lipinski definition) is 3. The van der Waals surface area contributed by atoms with E-state index in [0.717, 1.165) is 27.5 Å². The molecule has 1 aliphatic rings. The molecule has 1 heterocycles. The average Bonchev–Trinajstić information content (AvgIpc) is 2.86. The van der Waals surface area contributed by atoms with E-state index in [-0.39, 0.29) is 17.7 Å². The fourth-order valence-electron chi connectivity index (χ4n) is 5.56. The molecule has 4 rings (SSSR count).